The summed E-state index contributed by atoms with van der Waals surface area (Å²) in [6.07, 6.45) is 0. The third-order valence-corrected chi connectivity index (χ3v) is 6.07. The Morgan fingerprint density at radius 3 is 2.38 bits per heavy atom. The highest BCUT2D eigenvalue weighted by molar-refractivity contribution is 7.92. The van der Waals surface area contributed by atoms with Gasteiger partial charge in [-0.3, -0.25) is 4.72 Å². The molecule has 0 bridgehead atoms. The van der Waals surface area contributed by atoms with E-state index in [9.17, 15) is 8.42 Å². The monoisotopic (exact) mass is 378 g/mol. The lowest BCUT2D eigenvalue weighted by molar-refractivity contribution is 0.601. The summed E-state index contributed by atoms with van der Waals surface area (Å²) in [5, 5.41) is 3.39. The van der Waals surface area contributed by atoms with Gasteiger partial charge in [-0.15, -0.1) is 11.3 Å². The molecule has 4 nitrogen and oxygen atoms in total. The first-order valence-corrected chi connectivity index (χ1v) is 9.91. The molecule has 0 radical (unpaired) electrons. The van der Waals surface area contributed by atoms with Crippen molar-refractivity contribution >= 4 is 38.6 Å². The quantitative estimate of drug-likeness (QED) is 0.703. The van der Waals surface area contributed by atoms with Crippen molar-refractivity contribution in [2.75, 3.05) is 4.72 Å². The third kappa shape index (κ3) is 3.61. The fourth-order valence-electron chi connectivity index (χ4n) is 2.16. The number of nitrogens with zero attached hydrogens (tertiary/aromatic N) is 1. The first-order chi connectivity index (χ1) is 11.3. The van der Waals surface area contributed by atoms with Gasteiger partial charge in [0, 0.05) is 21.7 Å². The minimum absolute atomic E-state index is 0.136. The third-order valence-electron chi connectivity index (χ3n) is 3.51. The molecule has 0 unspecified atom stereocenters. The minimum atomic E-state index is -3.67. The van der Waals surface area contributed by atoms with Crippen molar-refractivity contribution in [3.05, 3.63) is 63.4 Å². The van der Waals surface area contributed by atoms with Gasteiger partial charge >= 0.3 is 0 Å². The second-order valence-electron chi connectivity index (χ2n) is 5.35. The zero-order chi connectivity index (χ0) is 17.3. The van der Waals surface area contributed by atoms with Crippen LogP contribution in [0.4, 0.5) is 5.69 Å². The molecular weight excluding hydrogens is 364 g/mol. The van der Waals surface area contributed by atoms with Gasteiger partial charge in [0.15, 0.2) is 0 Å². The van der Waals surface area contributed by atoms with Crippen LogP contribution in [0.1, 0.15) is 10.6 Å². The lowest BCUT2D eigenvalue weighted by Crippen LogP contribution is -2.12. The van der Waals surface area contributed by atoms with E-state index in [1.165, 1.54) is 12.1 Å². The fourth-order valence-corrected chi connectivity index (χ4v) is 4.11. The number of aryl methyl sites for hydroxylation is 2. The Morgan fingerprint density at radius 1 is 1.08 bits per heavy atom. The van der Waals surface area contributed by atoms with E-state index in [0.29, 0.717) is 10.7 Å². The number of hydrogen-bond acceptors (Lipinski definition) is 4. The molecule has 0 atom stereocenters. The second-order valence-corrected chi connectivity index (χ2v) is 8.50. The van der Waals surface area contributed by atoms with Crippen LogP contribution in [0.2, 0.25) is 5.02 Å². The van der Waals surface area contributed by atoms with Gasteiger partial charge in [-0.25, -0.2) is 13.4 Å². The fraction of sp³-hybridized carbons (Fsp3) is 0.118. The zero-order valence-corrected chi connectivity index (χ0v) is 15.5. The van der Waals surface area contributed by atoms with Crippen molar-refractivity contribution in [1.29, 1.82) is 0 Å². The molecule has 1 heterocycles. The summed E-state index contributed by atoms with van der Waals surface area (Å²) in [5.74, 6) is 0. The van der Waals surface area contributed by atoms with Crippen LogP contribution in [0, 0.1) is 13.8 Å². The van der Waals surface area contributed by atoms with Gasteiger partial charge in [-0.1, -0.05) is 29.8 Å². The maximum atomic E-state index is 12.4. The van der Waals surface area contributed by atoms with Gasteiger partial charge in [0.1, 0.15) is 0 Å². The van der Waals surface area contributed by atoms with Gasteiger partial charge in [0.25, 0.3) is 10.0 Å². The average Bonchev–Trinajstić information content (AvgIpc) is 2.97. The Hall–Kier alpha value is -1.89. The number of sulfonamides is 1. The van der Waals surface area contributed by atoms with Gasteiger partial charge in [0.05, 0.1) is 15.6 Å². The maximum absolute atomic E-state index is 12.4. The number of nitrogens with one attached hydrogen (secondary N) is 1. The van der Waals surface area contributed by atoms with Crippen LogP contribution in [0.15, 0.2) is 52.7 Å². The Bertz CT molecular complexity index is 980. The summed E-state index contributed by atoms with van der Waals surface area (Å²) in [7, 11) is -3.67. The summed E-state index contributed by atoms with van der Waals surface area (Å²) in [4.78, 5) is 4.55. The lowest BCUT2D eigenvalue weighted by atomic mass is 10.1. The van der Waals surface area contributed by atoms with Crippen LogP contribution >= 0.6 is 22.9 Å². The zero-order valence-electron chi connectivity index (χ0n) is 13.1. The first kappa shape index (κ1) is 17.0. The normalized spacial score (nSPS) is 11.5. The molecule has 124 valence electrons. The molecule has 0 spiro atoms. The predicted molar refractivity (Wildman–Crippen MR) is 99.3 cm³/mol. The van der Waals surface area contributed by atoms with E-state index in [-0.39, 0.29) is 4.90 Å². The van der Waals surface area contributed by atoms with Gasteiger partial charge in [-0.2, -0.15) is 0 Å². The van der Waals surface area contributed by atoms with Crippen LogP contribution in [0.25, 0.3) is 11.3 Å². The van der Waals surface area contributed by atoms with Gasteiger partial charge in [-0.05, 0) is 43.7 Å². The number of aromatic nitrogens is 1. The second kappa shape index (κ2) is 6.55. The number of anilines is 1. The van der Waals surface area contributed by atoms with Crippen LogP contribution in [-0.2, 0) is 10.0 Å². The van der Waals surface area contributed by atoms with Gasteiger partial charge < -0.3 is 0 Å². The average molecular weight is 379 g/mol. The van der Waals surface area contributed by atoms with E-state index < -0.39 is 10.0 Å². The van der Waals surface area contributed by atoms with E-state index in [1.54, 1.807) is 29.5 Å². The van der Waals surface area contributed by atoms with E-state index >= 15 is 0 Å². The van der Waals surface area contributed by atoms with Crippen LogP contribution < -0.4 is 4.72 Å². The Kier molecular flexibility index (Phi) is 4.62. The number of halogens is 1. The standard InChI is InChI=1S/C17H15ClN2O2S2/c1-11-3-8-15(9-16(11)18)24(21,22)20-14-6-4-13(5-7-14)17-10-23-12(2)19-17/h3-10,20H,1-2H3. The largest absolute Gasteiger partial charge is 0.280 e. The predicted octanol–water partition coefficient (Wildman–Crippen LogP) is 4.88. The van der Waals surface area contributed by atoms with E-state index in [2.05, 4.69) is 9.71 Å². The number of thiazole rings is 1. The summed E-state index contributed by atoms with van der Waals surface area (Å²) >= 11 is 7.59. The molecule has 0 aliphatic rings. The molecule has 0 saturated carbocycles. The van der Waals surface area contributed by atoms with E-state index in [1.807, 2.05) is 31.4 Å². The highest BCUT2D eigenvalue weighted by atomic mass is 35.5. The Morgan fingerprint density at radius 2 is 1.79 bits per heavy atom. The van der Waals surface area contributed by atoms with Crippen molar-refractivity contribution < 1.29 is 8.42 Å². The molecule has 0 amide bonds. The summed E-state index contributed by atoms with van der Waals surface area (Å²) in [6, 6.07) is 11.8. The first-order valence-electron chi connectivity index (χ1n) is 7.17. The summed E-state index contributed by atoms with van der Waals surface area (Å²) in [6.45, 7) is 3.77. The van der Waals surface area contributed by atoms with Crippen molar-refractivity contribution in [3.8, 4) is 11.3 Å². The Labute approximate surface area is 150 Å². The molecule has 3 rings (SSSR count). The van der Waals surface area contributed by atoms with Crippen LogP contribution in [0.5, 0.6) is 0 Å². The topological polar surface area (TPSA) is 59.1 Å². The highest BCUT2D eigenvalue weighted by Crippen LogP contribution is 2.25. The molecule has 3 aromatic rings. The highest BCUT2D eigenvalue weighted by Gasteiger charge is 2.15. The lowest BCUT2D eigenvalue weighted by Gasteiger charge is -2.09. The molecule has 7 heteroatoms. The van der Waals surface area contributed by atoms with E-state index in [0.717, 1.165) is 21.8 Å². The molecule has 0 aliphatic heterocycles. The van der Waals surface area contributed by atoms with Crippen LogP contribution in [-0.4, -0.2) is 13.4 Å². The van der Waals surface area contributed by atoms with E-state index in [4.69, 9.17) is 11.6 Å². The molecule has 1 N–H and O–H groups in total. The Balaban J connectivity index is 1.83. The maximum Gasteiger partial charge on any atom is 0.261 e. The summed E-state index contributed by atoms with van der Waals surface area (Å²) < 4.78 is 27.4. The summed E-state index contributed by atoms with van der Waals surface area (Å²) in [5.41, 5.74) is 3.15. The number of hydrogen-bond donors (Lipinski definition) is 1. The molecule has 0 saturated heterocycles. The number of benzene rings is 2. The van der Waals surface area contributed by atoms with Crippen molar-refractivity contribution in [2.45, 2.75) is 18.7 Å². The SMILES string of the molecule is Cc1nc(-c2ccc(NS(=O)(=O)c3ccc(C)c(Cl)c3)cc2)cs1. The molecular formula is C17H15ClN2O2S2. The molecule has 0 fully saturated rings. The van der Waals surface area contributed by atoms with Gasteiger partial charge in [0.2, 0.25) is 0 Å². The molecule has 0 aliphatic carbocycles. The van der Waals surface area contributed by atoms with Crippen molar-refractivity contribution in [2.24, 2.45) is 0 Å². The smallest absolute Gasteiger partial charge is 0.261 e. The van der Waals surface area contributed by atoms with Crippen molar-refractivity contribution in [1.82, 2.24) is 4.98 Å². The van der Waals surface area contributed by atoms with Crippen molar-refractivity contribution in [3.63, 3.8) is 0 Å². The molecule has 2 aromatic carbocycles. The molecule has 1 aromatic heterocycles. The molecule has 24 heavy (non-hydrogen) atoms. The van der Waals surface area contributed by atoms with Crippen LogP contribution in [0.3, 0.4) is 0 Å². The number of rotatable bonds is 4. The minimum Gasteiger partial charge on any atom is -0.280 e.